The Labute approximate surface area is 121 Å². The highest BCUT2D eigenvalue weighted by Crippen LogP contribution is 2.09. The Hall–Kier alpha value is -1.33. The van der Waals surface area contributed by atoms with Crippen LogP contribution in [0.5, 0.6) is 0 Å². The number of rotatable bonds is 9. The molecule has 0 aromatic carbocycles. The molecule has 20 heavy (non-hydrogen) atoms. The number of pyridine rings is 1. The molecule has 0 fully saturated rings. The van der Waals surface area contributed by atoms with Gasteiger partial charge >= 0.3 is 0 Å². The third-order valence-corrected chi connectivity index (χ3v) is 3.70. The van der Waals surface area contributed by atoms with E-state index in [0.717, 1.165) is 25.8 Å². The Bertz CT molecular complexity index is 441. The molecule has 114 valence electrons. The van der Waals surface area contributed by atoms with E-state index in [-0.39, 0.29) is 12.2 Å². The fourth-order valence-corrected chi connectivity index (χ4v) is 2.58. The largest absolute Gasteiger partial charge is 0.398 e. The van der Waals surface area contributed by atoms with Crippen molar-refractivity contribution >= 4 is 5.69 Å². The molecule has 0 bridgehead atoms. The van der Waals surface area contributed by atoms with Crippen molar-refractivity contribution in [2.45, 2.75) is 45.7 Å². The van der Waals surface area contributed by atoms with Gasteiger partial charge in [0.2, 0.25) is 0 Å². The second kappa shape index (κ2) is 8.76. The van der Waals surface area contributed by atoms with E-state index >= 15 is 0 Å². The predicted molar refractivity (Wildman–Crippen MR) is 82.8 cm³/mol. The minimum absolute atomic E-state index is 0.0181. The lowest BCUT2D eigenvalue weighted by Crippen LogP contribution is -2.38. The van der Waals surface area contributed by atoms with Gasteiger partial charge in [-0.2, -0.15) is 0 Å². The first-order valence-corrected chi connectivity index (χ1v) is 7.43. The Morgan fingerprint density at radius 2 is 2.00 bits per heavy atom. The Balaban J connectivity index is 2.55. The summed E-state index contributed by atoms with van der Waals surface area (Å²) in [4.78, 5) is 14.0. The molecule has 0 saturated carbocycles. The highest BCUT2D eigenvalue weighted by Gasteiger charge is 2.13. The molecular weight excluding hydrogens is 254 g/mol. The number of nitrogens with zero attached hydrogens (tertiary/aromatic N) is 2. The third kappa shape index (κ3) is 4.98. The van der Waals surface area contributed by atoms with Gasteiger partial charge in [0.1, 0.15) is 0 Å². The van der Waals surface area contributed by atoms with Gasteiger partial charge in [0, 0.05) is 43.6 Å². The molecule has 0 aliphatic rings. The summed E-state index contributed by atoms with van der Waals surface area (Å²) in [5, 5.41) is 9.16. The summed E-state index contributed by atoms with van der Waals surface area (Å²) in [6.45, 7) is 6.74. The van der Waals surface area contributed by atoms with Crippen LogP contribution < -0.4 is 11.3 Å². The molecule has 1 heterocycles. The van der Waals surface area contributed by atoms with E-state index < -0.39 is 0 Å². The van der Waals surface area contributed by atoms with Crippen LogP contribution in [0.4, 0.5) is 5.69 Å². The Morgan fingerprint density at radius 3 is 2.60 bits per heavy atom. The number of nitrogens with two attached hydrogens (primary N) is 1. The fourth-order valence-electron chi connectivity index (χ4n) is 2.58. The van der Waals surface area contributed by atoms with Crippen LogP contribution in [0.3, 0.4) is 0 Å². The average Bonchev–Trinajstić information content (AvgIpc) is 2.44. The lowest BCUT2D eigenvalue weighted by Gasteiger charge is -2.29. The second-order valence-corrected chi connectivity index (χ2v) is 5.08. The monoisotopic (exact) mass is 281 g/mol. The molecule has 0 atom stereocenters. The van der Waals surface area contributed by atoms with Gasteiger partial charge in [0.15, 0.2) is 0 Å². The molecule has 5 nitrogen and oxygen atoms in total. The molecule has 1 rings (SSSR count). The number of hydrogen-bond donors (Lipinski definition) is 2. The van der Waals surface area contributed by atoms with Crippen molar-refractivity contribution in [1.82, 2.24) is 9.47 Å². The van der Waals surface area contributed by atoms with Crippen LogP contribution in [-0.4, -0.2) is 40.3 Å². The van der Waals surface area contributed by atoms with Crippen LogP contribution in [0.1, 0.15) is 33.1 Å². The quantitative estimate of drug-likeness (QED) is 0.716. The maximum absolute atomic E-state index is 11.7. The summed E-state index contributed by atoms with van der Waals surface area (Å²) in [6.07, 6.45) is 4.72. The molecule has 0 aliphatic carbocycles. The molecule has 3 N–H and O–H groups in total. The number of aryl methyl sites for hydroxylation is 1. The zero-order chi connectivity index (χ0) is 15.0. The molecule has 1 aromatic heterocycles. The summed E-state index contributed by atoms with van der Waals surface area (Å²) in [7, 11) is 0. The van der Waals surface area contributed by atoms with Crippen LogP contribution >= 0.6 is 0 Å². The molecule has 0 saturated heterocycles. The number of hydrogen-bond acceptors (Lipinski definition) is 4. The third-order valence-electron chi connectivity index (χ3n) is 3.70. The summed E-state index contributed by atoms with van der Waals surface area (Å²) in [5.74, 6) is 0. The van der Waals surface area contributed by atoms with Crippen LogP contribution in [0.2, 0.25) is 0 Å². The van der Waals surface area contributed by atoms with E-state index in [9.17, 15) is 4.79 Å². The van der Waals surface area contributed by atoms with Gasteiger partial charge in [-0.1, -0.05) is 13.8 Å². The molecule has 1 aromatic rings. The minimum Gasteiger partial charge on any atom is -0.398 e. The lowest BCUT2D eigenvalue weighted by molar-refractivity contribution is 0.140. The van der Waals surface area contributed by atoms with Crippen molar-refractivity contribution in [2.75, 3.05) is 25.4 Å². The lowest BCUT2D eigenvalue weighted by atomic mass is 10.1. The smallest absolute Gasteiger partial charge is 0.250 e. The van der Waals surface area contributed by atoms with Crippen molar-refractivity contribution < 1.29 is 5.11 Å². The maximum atomic E-state index is 11.7. The topological polar surface area (TPSA) is 71.5 Å². The van der Waals surface area contributed by atoms with Gasteiger partial charge < -0.3 is 15.4 Å². The van der Waals surface area contributed by atoms with Crippen LogP contribution in [0.25, 0.3) is 0 Å². The molecule has 0 radical (unpaired) electrons. The second-order valence-electron chi connectivity index (χ2n) is 5.08. The van der Waals surface area contributed by atoms with Gasteiger partial charge in [0.05, 0.1) is 6.61 Å². The zero-order valence-electron chi connectivity index (χ0n) is 12.6. The highest BCUT2D eigenvalue weighted by atomic mass is 16.3. The van der Waals surface area contributed by atoms with Gasteiger partial charge in [0.25, 0.3) is 5.56 Å². The van der Waals surface area contributed by atoms with Crippen molar-refractivity contribution in [2.24, 2.45) is 0 Å². The fraction of sp³-hybridized carbons (Fsp3) is 0.667. The predicted octanol–water partition coefficient (Wildman–Crippen LogP) is 1.30. The number of anilines is 1. The van der Waals surface area contributed by atoms with Crippen molar-refractivity contribution in [3.8, 4) is 0 Å². The average molecular weight is 281 g/mol. The summed E-state index contributed by atoms with van der Waals surface area (Å²) < 4.78 is 1.65. The first-order valence-electron chi connectivity index (χ1n) is 7.43. The van der Waals surface area contributed by atoms with E-state index in [0.29, 0.717) is 24.8 Å². The summed E-state index contributed by atoms with van der Waals surface area (Å²) in [6, 6.07) is 3.63. The van der Waals surface area contributed by atoms with E-state index in [2.05, 4.69) is 18.7 Å². The molecule has 0 aliphatic heterocycles. The van der Waals surface area contributed by atoms with E-state index in [4.69, 9.17) is 10.8 Å². The SMILES string of the molecule is CCC(CC)N(CCO)CCCn1cc(N)ccc1=O. The van der Waals surface area contributed by atoms with E-state index in [1.807, 2.05) is 0 Å². The van der Waals surface area contributed by atoms with Gasteiger partial charge in [-0.25, -0.2) is 0 Å². The van der Waals surface area contributed by atoms with Gasteiger partial charge in [-0.05, 0) is 25.3 Å². The highest BCUT2D eigenvalue weighted by molar-refractivity contribution is 5.33. The van der Waals surface area contributed by atoms with Crippen LogP contribution in [0, 0.1) is 0 Å². The first kappa shape index (κ1) is 16.7. The number of aromatic nitrogens is 1. The molecular formula is C15H27N3O2. The summed E-state index contributed by atoms with van der Waals surface area (Å²) >= 11 is 0. The zero-order valence-corrected chi connectivity index (χ0v) is 12.6. The number of nitrogen functional groups attached to an aromatic ring is 1. The molecule has 0 unspecified atom stereocenters. The Morgan fingerprint density at radius 1 is 1.30 bits per heavy atom. The van der Waals surface area contributed by atoms with Crippen molar-refractivity contribution in [1.29, 1.82) is 0 Å². The number of aliphatic hydroxyl groups excluding tert-OH is 1. The molecule has 0 spiro atoms. The van der Waals surface area contributed by atoms with E-state index in [1.54, 1.807) is 16.8 Å². The van der Waals surface area contributed by atoms with Gasteiger partial charge in [-0.15, -0.1) is 0 Å². The van der Waals surface area contributed by atoms with Gasteiger partial charge in [-0.3, -0.25) is 9.69 Å². The minimum atomic E-state index is -0.0181. The van der Waals surface area contributed by atoms with Crippen LogP contribution in [-0.2, 0) is 6.54 Å². The maximum Gasteiger partial charge on any atom is 0.250 e. The normalized spacial score (nSPS) is 11.4. The van der Waals surface area contributed by atoms with Crippen molar-refractivity contribution in [3.05, 3.63) is 28.7 Å². The van der Waals surface area contributed by atoms with Crippen LogP contribution in [0.15, 0.2) is 23.1 Å². The first-order chi connectivity index (χ1) is 9.62. The standard InChI is InChI=1S/C15H27N3O2/c1-3-14(4-2)17(10-11-19)8-5-9-18-12-13(16)6-7-15(18)20/h6-7,12,14,19H,3-5,8-11,16H2,1-2H3. The molecule has 0 amide bonds. The Kier molecular flexibility index (Phi) is 7.33. The summed E-state index contributed by atoms with van der Waals surface area (Å²) in [5.41, 5.74) is 6.28. The van der Waals surface area contributed by atoms with E-state index in [1.165, 1.54) is 6.07 Å². The number of aliphatic hydroxyl groups is 1. The molecule has 5 heteroatoms. The van der Waals surface area contributed by atoms with Crippen molar-refractivity contribution in [3.63, 3.8) is 0 Å².